The van der Waals surface area contributed by atoms with Gasteiger partial charge in [0.25, 0.3) is 11.8 Å². The molecule has 0 aliphatic heterocycles. The molecule has 1 heterocycles. The van der Waals surface area contributed by atoms with Crippen LogP contribution >= 0.6 is 0 Å². The number of alkyl halides is 2. The molecule has 3 aromatic rings. The monoisotopic (exact) mass is 367 g/mol. The van der Waals surface area contributed by atoms with Crippen molar-refractivity contribution in [3.63, 3.8) is 0 Å². The van der Waals surface area contributed by atoms with Crippen molar-refractivity contribution in [2.45, 2.75) is 24.8 Å². The van der Waals surface area contributed by atoms with Gasteiger partial charge in [-0.3, -0.25) is 9.48 Å². The molecule has 4 nitrogen and oxygen atoms in total. The molecule has 0 saturated heterocycles. The number of amides is 1. The van der Waals surface area contributed by atoms with E-state index in [1.54, 1.807) is 36.0 Å². The van der Waals surface area contributed by atoms with Gasteiger partial charge < -0.3 is 5.32 Å². The van der Waals surface area contributed by atoms with E-state index in [0.717, 1.165) is 5.56 Å². The minimum absolute atomic E-state index is 0.321. The van der Waals surface area contributed by atoms with Gasteiger partial charge in [0.15, 0.2) is 0 Å². The first-order valence-corrected chi connectivity index (χ1v) is 8.77. The summed E-state index contributed by atoms with van der Waals surface area (Å²) in [6.45, 7) is 0. The fourth-order valence-electron chi connectivity index (χ4n) is 3.60. The maximum absolute atomic E-state index is 14.5. The molecule has 0 fully saturated rings. The number of nitrogens with zero attached hydrogens (tertiary/aromatic N) is 2. The van der Waals surface area contributed by atoms with Gasteiger partial charge in [-0.15, -0.1) is 0 Å². The third kappa shape index (κ3) is 3.23. The van der Waals surface area contributed by atoms with Gasteiger partial charge in [-0.1, -0.05) is 54.6 Å². The summed E-state index contributed by atoms with van der Waals surface area (Å²) < 4.78 is 30.6. The average Bonchev–Trinajstić information content (AvgIpc) is 3.13. The highest BCUT2D eigenvalue weighted by Gasteiger charge is 2.48. The summed E-state index contributed by atoms with van der Waals surface area (Å²) in [5.41, 5.74) is 3.08. The SMILES string of the molecule is Cn1ncc(C(=O)NC2c3ccccc3CC2(F)F)c1Cc1ccccc1. The Bertz CT molecular complexity index is 982. The smallest absolute Gasteiger partial charge is 0.276 e. The summed E-state index contributed by atoms with van der Waals surface area (Å²) in [5, 5.41) is 6.70. The van der Waals surface area contributed by atoms with Crippen LogP contribution in [0.3, 0.4) is 0 Å². The van der Waals surface area contributed by atoms with Crippen molar-refractivity contribution in [3.05, 3.63) is 88.7 Å². The molecule has 4 rings (SSSR count). The first-order valence-electron chi connectivity index (χ1n) is 8.77. The summed E-state index contributed by atoms with van der Waals surface area (Å²) in [4.78, 5) is 12.8. The summed E-state index contributed by atoms with van der Waals surface area (Å²) in [5.74, 6) is -3.54. The molecule has 1 aromatic heterocycles. The van der Waals surface area contributed by atoms with Crippen LogP contribution in [0.5, 0.6) is 0 Å². The lowest BCUT2D eigenvalue weighted by molar-refractivity contribution is -0.0240. The Morgan fingerprint density at radius 2 is 1.89 bits per heavy atom. The van der Waals surface area contributed by atoms with Gasteiger partial charge in [0, 0.05) is 19.9 Å². The molecule has 1 aliphatic rings. The highest BCUT2D eigenvalue weighted by Crippen LogP contribution is 2.43. The van der Waals surface area contributed by atoms with Gasteiger partial charge in [-0.05, 0) is 16.7 Å². The Balaban J connectivity index is 1.61. The second-order valence-electron chi connectivity index (χ2n) is 6.83. The summed E-state index contributed by atoms with van der Waals surface area (Å²) in [6.07, 6.45) is 1.57. The Hall–Kier alpha value is -3.02. The van der Waals surface area contributed by atoms with Crippen LogP contribution in [0.2, 0.25) is 0 Å². The summed E-state index contributed by atoms with van der Waals surface area (Å²) in [7, 11) is 1.74. The molecule has 1 amide bonds. The molecule has 0 radical (unpaired) electrons. The van der Waals surface area contributed by atoms with E-state index >= 15 is 0 Å². The van der Waals surface area contributed by atoms with Crippen molar-refractivity contribution in [2.24, 2.45) is 7.05 Å². The number of nitrogens with one attached hydrogen (secondary N) is 1. The molecule has 2 aromatic carbocycles. The Morgan fingerprint density at radius 1 is 1.19 bits per heavy atom. The number of halogens is 2. The van der Waals surface area contributed by atoms with Crippen LogP contribution in [0.1, 0.15) is 38.8 Å². The third-order valence-corrected chi connectivity index (χ3v) is 5.01. The molecule has 0 bridgehead atoms. The third-order valence-electron chi connectivity index (χ3n) is 5.01. The van der Waals surface area contributed by atoms with Crippen LogP contribution in [0.4, 0.5) is 8.78 Å². The first-order chi connectivity index (χ1) is 13.0. The molecule has 1 aliphatic carbocycles. The average molecular weight is 367 g/mol. The molecule has 138 valence electrons. The summed E-state index contributed by atoms with van der Waals surface area (Å²) >= 11 is 0. The summed E-state index contributed by atoms with van der Waals surface area (Å²) in [6, 6.07) is 15.1. The van der Waals surface area contributed by atoms with E-state index < -0.39 is 17.9 Å². The number of benzene rings is 2. The van der Waals surface area contributed by atoms with Gasteiger partial charge >= 0.3 is 0 Å². The second-order valence-corrected chi connectivity index (χ2v) is 6.83. The van der Waals surface area contributed by atoms with E-state index in [-0.39, 0.29) is 6.42 Å². The fourth-order valence-corrected chi connectivity index (χ4v) is 3.60. The number of aromatic nitrogens is 2. The van der Waals surface area contributed by atoms with Crippen LogP contribution < -0.4 is 5.32 Å². The first kappa shape index (κ1) is 17.4. The Labute approximate surface area is 155 Å². The van der Waals surface area contributed by atoms with Gasteiger partial charge in [0.2, 0.25) is 0 Å². The zero-order valence-corrected chi connectivity index (χ0v) is 14.8. The van der Waals surface area contributed by atoms with E-state index in [9.17, 15) is 13.6 Å². The largest absolute Gasteiger partial charge is 0.339 e. The Kier molecular flexibility index (Phi) is 4.26. The zero-order chi connectivity index (χ0) is 19.0. The number of hydrogen-bond acceptors (Lipinski definition) is 2. The molecular weight excluding hydrogens is 348 g/mol. The van der Waals surface area contributed by atoms with Gasteiger partial charge in [0.05, 0.1) is 17.5 Å². The van der Waals surface area contributed by atoms with Crippen LogP contribution in [0.25, 0.3) is 0 Å². The highest BCUT2D eigenvalue weighted by molar-refractivity contribution is 5.95. The van der Waals surface area contributed by atoms with E-state index in [1.807, 2.05) is 30.3 Å². The molecule has 1 N–H and O–H groups in total. The van der Waals surface area contributed by atoms with Crippen molar-refractivity contribution in [1.82, 2.24) is 15.1 Å². The van der Waals surface area contributed by atoms with Crippen LogP contribution in [-0.4, -0.2) is 21.6 Å². The predicted molar refractivity (Wildman–Crippen MR) is 97.8 cm³/mol. The van der Waals surface area contributed by atoms with Crippen molar-refractivity contribution in [3.8, 4) is 0 Å². The van der Waals surface area contributed by atoms with Gasteiger partial charge in [0.1, 0.15) is 6.04 Å². The van der Waals surface area contributed by atoms with E-state index in [0.29, 0.717) is 28.8 Å². The molecule has 6 heteroatoms. The number of aryl methyl sites for hydroxylation is 1. The van der Waals surface area contributed by atoms with E-state index in [1.165, 1.54) is 6.20 Å². The Morgan fingerprint density at radius 3 is 2.67 bits per heavy atom. The van der Waals surface area contributed by atoms with Crippen molar-refractivity contribution < 1.29 is 13.6 Å². The molecule has 1 unspecified atom stereocenters. The lowest BCUT2D eigenvalue weighted by Crippen LogP contribution is -2.38. The minimum Gasteiger partial charge on any atom is -0.339 e. The minimum atomic E-state index is -3.01. The molecule has 1 atom stereocenters. The standard InChI is InChI=1S/C21H19F2N3O/c1-26-18(11-14-7-3-2-4-8-14)17(13-24-26)20(27)25-19-16-10-6-5-9-15(16)12-21(19,22)23/h2-10,13,19H,11-12H2,1H3,(H,25,27). The fraction of sp³-hybridized carbons (Fsp3) is 0.238. The van der Waals surface area contributed by atoms with Gasteiger partial charge in [-0.25, -0.2) is 8.78 Å². The van der Waals surface area contributed by atoms with Crippen molar-refractivity contribution in [1.29, 1.82) is 0 Å². The lowest BCUT2D eigenvalue weighted by atomic mass is 10.0. The van der Waals surface area contributed by atoms with Crippen molar-refractivity contribution in [2.75, 3.05) is 0 Å². The van der Waals surface area contributed by atoms with Crippen LogP contribution in [0.15, 0.2) is 60.8 Å². The number of rotatable bonds is 4. The maximum atomic E-state index is 14.5. The molecule has 0 spiro atoms. The number of carbonyl (C=O) groups is 1. The number of hydrogen-bond donors (Lipinski definition) is 1. The lowest BCUT2D eigenvalue weighted by Gasteiger charge is -2.21. The second kappa shape index (κ2) is 6.61. The van der Waals surface area contributed by atoms with E-state index in [2.05, 4.69) is 10.4 Å². The quantitative estimate of drug-likeness (QED) is 0.765. The normalized spacial score (nSPS) is 17.5. The van der Waals surface area contributed by atoms with Crippen molar-refractivity contribution >= 4 is 5.91 Å². The number of carbonyl (C=O) groups excluding carboxylic acids is 1. The zero-order valence-electron chi connectivity index (χ0n) is 14.8. The maximum Gasteiger partial charge on any atom is 0.276 e. The molecule has 27 heavy (non-hydrogen) atoms. The van der Waals surface area contributed by atoms with Gasteiger partial charge in [-0.2, -0.15) is 5.10 Å². The topological polar surface area (TPSA) is 46.9 Å². The molecule has 0 saturated carbocycles. The van der Waals surface area contributed by atoms with Crippen LogP contribution in [0, 0.1) is 0 Å². The number of fused-ring (bicyclic) bond motifs is 1. The predicted octanol–water partition coefficient (Wildman–Crippen LogP) is 3.67. The highest BCUT2D eigenvalue weighted by atomic mass is 19.3. The molecular formula is C21H19F2N3O. The van der Waals surface area contributed by atoms with Crippen LogP contribution in [-0.2, 0) is 19.9 Å². The van der Waals surface area contributed by atoms with E-state index in [4.69, 9.17) is 0 Å².